The monoisotopic (exact) mass is 197 g/mol. The Morgan fingerprint density at radius 3 is 2.86 bits per heavy atom. The van der Waals surface area contributed by atoms with Crippen molar-refractivity contribution >= 4 is 11.8 Å². The van der Waals surface area contributed by atoms with Crippen molar-refractivity contribution in [1.29, 1.82) is 0 Å². The van der Waals surface area contributed by atoms with E-state index in [9.17, 15) is 9.59 Å². The lowest BCUT2D eigenvalue weighted by atomic mass is 10.2. The predicted octanol–water partition coefficient (Wildman–Crippen LogP) is -0.956. The zero-order valence-corrected chi connectivity index (χ0v) is 8.08. The summed E-state index contributed by atoms with van der Waals surface area (Å²) in [7, 11) is 0. The number of hydrogen-bond donors (Lipinski definition) is 2. The van der Waals surface area contributed by atoms with Crippen LogP contribution >= 0.6 is 0 Å². The topological polar surface area (TPSA) is 61.4 Å². The number of hydrogen-bond acceptors (Lipinski definition) is 3. The zero-order chi connectivity index (χ0) is 9.97. The molecule has 0 aromatic heterocycles. The lowest BCUT2D eigenvalue weighted by Crippen LogP contribution is -2.46. The van der Waals surface area contributed by atoms with Crippen LogP contribution in [-0.2, 0) is 9.59 Å². The van der Waals surface area contributed by atoms with Gasteiger partial charge in [-0.15, -0.1) is 0 Å². The van der Waals surface area contributed by atoms with Gasteiger partial charge in [0.15, 0.2) is 0 Å². The van der Waals surface area contributed by atoms with Gasteiger partial charge in [-0.25, -0.2) is 0 Å². The summed E-state index contributed by atoms with van der Waals surface area (Å²) in [6.07, 6.45) is 2.25. The van der Waals surface area contributed by atoms with E-state index in [0.29, 0.717) is 13.1 Å². The quantitative estimate of drug-likeness (QED) is 0.532. The largest absolute Gasteiger partial charge is 0.354 e. The van der Waals surface area contributed by atoms with E-state index in [4.69, 9.17) is 0 Å². The molecule has 78 valence electrons. The van der Waals surface area contributed by atoms with Crippen molar-refractivity contribution in [2.24, 2.45) is 0 Å². The molecule has 1 atom stereocenters. The molecule has 2 heterocycles. The molecule has 0 bridgehead atoms. The SMILES string of the molecule is O=C1CC(=O)N(C2CCCN2)CCN1. The Hall–Kier alpha value is -1.10. The van der Waals surface area contributed by atoms with Gasteiger partial charge in [-0.1, -0.05) is 0 Å². The van der Waals surface area contributed by atoms with Crippen LogP contribution in [0.3, 0.4) is 0 Å². The van der Waals surface area contributed by atoms with Crippen molar-refractivity contribution in [1.82, 2.24) is 15.5 Å². The van der Waals surface area contributed by atoms with E-state index in [-0.39, 0.29) is 24.4 Å². The van der Waals surface area contributed by atoms with E-state index < -0.39 is 0 Å². The summed E-state index contributed by atoms with van der Waals surface area (Å²) in [5.41, 5.74) is 0. The molecule has 2 aliphatic rings. The third kappa shape index (κ3) is 1.87. The molecule has 0 aliphatic carbocycles. The number of carbonyl (C=O) groups is 2. The lowest BCUT2D eigenvalue weighted by Gasteiger charge is -2.26. The molecule has 2 fully saturated rings. The summed E-state index contributed by atoms with van der Waals surface area (Å²) in [5, 5.41) is 5.96. The van der Waals surface area contributed by atoms with Gasteiger partial charge in [0.05, 0.1) is 6.17 Å². The third-order valence-corrected chi connectivity index (χ3v) is 2.72. The van der Waals surface area contributed by atoms with Crippen LogP contribution in [0.4, 0.5) is 0 Å². The van der Waals surface area contributed by atoms with E-state index in [0.717, 1.165) is 19.4 Å². The van der Waals surface area contributed by atoms with Gasteiger partial charge in [0, 0.05) is 13.1 Å². The van der Waals surface area contributed by atoms with Crippen LogP contribution in [0.25, 0.3) is 0 Å². The molecule has 2 aliphatic heterocycles. The van der Waals surface area contributed by atoms with Crippen molar-refractivity contribution in [2.75, 3.05) is 19.6 Å². The van der Waals surface area contributed by atoms with Gasteiger partial charge in [-0.3, -0.25) is 14.9 Å². The van der Waals surface area contributed by atoms with Crippen molar-refractivity contribution in [3.63, 3.8) is 0 Å². The molecule has 14 heavy (non-hydrogen) atoms. The van der Waals surface area contributed by atoms with Crippen LogP contribution in [0.1, 0.15) is 19.3 Å². The molecule has 2 amide bonds. The smallest absolute Gasteiger partial charge is 0.233 e. The van der Waals surface area contributed by atoms with E-state index >= 15 is 0 Å². The fourth-order valence-electron chi connectivity index (χ4n) is 2.00. The predicted molar refractivity (Wildman–Crippen MR) is 50.4 cm³/mol. The average molecular weight is 197 g/mol. The minimum Gasteiger partial charge on any atom is -0.354 e. The maximum atomic E-state index is 11.6. The molecule has 0 radical (unpaired) electrons. The van der Waals surface area contributed by atoms with Gasteiger partial charge in [-0.05, 0) is 19.4 Å². The second-order valence-corrected chi connectivity index (χ2v) is 3.73. The molecular weight excluding hydrogens is 182 g/mol. The second kappa shape index (κ2) is 3.96. The summed E-state index contributed by atoms with van der Waals surface area (Å²) >= 11 is 0. The second-order valence-electron chi connectivity index (χ2n) is 3.73. The Bertz CT molecular complexity index is 248. The van der Waals surface area contributed by atoms with E-state index in [1.165, 1.54) is 0 Å². The number of carbonyl (C=O) groups excluding carboxylic acids is 2. The lowest BCUT2D eigenvalue weighted by molar-refractivity contribution is -0.136. The molecule has 2 saturated heterocycles. The molecule has 2 rings (SSSR count). The van der Waals surface area contributed by atoms with Gasteiger partial charge >= 0.3 is 0 Å². The molecule has 0 spiro atoms. The molecule has 0 aromatic rings. The molecular formula is C9H15N3O2. The average Bonchev–Trinajstić information content (AvgIpc) is 2.59. The highest BCUT2D eigenvalue weighted by atomic mass is 16.2. The first kappa shape index (κ1) is 9.45. The summed E-state index contributed by atoms with van der Waals surface area (Å²) < 4.78 is 0. The van der Waals surface area contributed by atoms with Gasteiger partial charge in [0.25, 0.3) is 0 Å². The summed E-state index contributed by atoms with van der Waals surface area (Å²) in [6.45, 7) is 2.17. The zero-order valence-electron chi connectivity index (χ0n) is 8.08. The highest BCUT2D eigenvalue weighted by Crippen LogP contribution is 2.12. The summed E-state index contributed by atoms with van der Waals surface area (Å²) in [4.78, 5) is 24.5. The Morgan fingerprint density at radius 2 is 2.14 bits per heavy atom. The number of nitrogens with one attached hydrogen (secondary N) is 2. The Balaban J connectivity index is 2.02. The molecule has 5 nitrogen and oxygen atoms in total. The maximum absolute atomic E-state index is 11.6. The first-order chi connectivity index (χ1) is 6.77. The van der Waals surface area contributed by atoms with Crippen molar-refractivity contribution < 1.29 is 9.59 Å². The highest BCUT2D eigenvalue weighted by Gasteiger charge is 2.28. The Labute approximate surface area is 82.8 Å². The van der Waals surface area contributed by atoms with Crippen molar-refractivity contribution in [3.8, 4) is 0 Å². The highest BCUT2D eigenvalue weighted by molar-refractivity contribution is 5.97. The third-order valence-electron chi connectivity index (χ3n) is 2.72. The Morgan fingerprint density at radius 1 is 1.29 bits per heavy atom. The fourth-order valence-corrected chi connectivity index (χ4v) is 2.00. The first-order valence-electron chi connectivity index (χ1n) is 5.07. The van der Waals surface area contributed by atoms with E-state index in [2.05, 4.69) is 10.6 Å². The normalized spacial score (nSPS) is 28.9. The standard InChI is InChI=1S/C9H15N3O2/c13-8-6-9(14)12(5-4-11-8)7-2-1-3-10-7/h7,10H,1-6H2,(H,11,13). The minimum absolute atomic E-state index is 0.00181. The molecule has 1 unspecified atom stereocenters. The van der Waals surface area contributed by atoms with Gasteiger partial charge in [-0.2, -0.15) is 0 Å². The number of nitrogens with zero attached hydrogens (tertiary/aromatic N) is 1. The molecule has 0 saturated carbocycles. The fraction of sp³-hybridized carbons (Fsp3) is 0.778. The number of rotatable bonds is 1. The van der Waals surface area contributed by atoms with E-state index in [1.807, 2.05) is 0 Å². The summed E-state index contributed by atoms with van der Waals surface area (Å²) in [5.74, 6) is -0.213. The van der Waals surface area contributed by atoms with Gasteiger partial charge < -0.3 is 10.2 Å². The van der Waals surface area contributed by atoms with Crippen molar-refractivity contribution in [3.05, 3.63) is 0 Å². The van der Waals surface area contributed by atoms with E-state index in [1.54, 1.807) is 4.90 Å². The van der Waals surface area contributed by atoms with Crippen LogP contribution < -0.4 is 10.6 Å². The van der Waals surface area contributed by atoms with Crippen LogP contribution in [0.5, 0.6) is 0 Å². The molecule has 2 N–H and O–H groups in total. The van der Waals surface area contributed by atoms with Gasteiger partial charge in [0.1, 0.15) is 6.42 Å². The van der Waals surface area contributed by atoms with Crippen LogP contribution in [-0.4, -0.2) is 42.5 Å². The minimum atomic E-state index is -0.157. The van der Waals surface area contributed by atoms with Crippen LogP contribution in [0.15, 0.2) is 0 Å². The Kier molecular flexibility index (Phi) is 2.67. The summed E-state index contributed by atoms with van der Waals surface area (Å²) in [6, 6.07) is 0. The van der Waals surface area contributed by atoms with Gasteiger partial charge in [0.2, 0.25) is 11.8 Å². The number of amides is 2. The molecule has 0 aromatic carbocycles. The first-order valence-corrected chi connectivity index (χ1v) is 5.07. The van der Waals surface area contributed by atoms with Crippen molar-refractivity contribution in [2.45, 2.75) is 25.4 Å². The maximum Gasteiger partial charge on any atom is 0.233 e. The molecule has 5 heteroatoms. The van der Waals surface area contributed by atoms with Crippen LogP contribution in [0.2, 0.25) is 0 Å². The van der Waals surface area contributed by atoms with Crippen LogP contribution in [0, 0.1) is 0 Å².